The van der Waals surface area contributed by atoms with Crippen molar-refractivity contribution in [2.24, 2.45) is 5.73 Å². The highest BCUT2D eigenvalue weighted by molar-refractivity contribution is 6.23. The number of nitrogens with one attached hydrogen (secondary N) is 2. The molecule has 7 nitrogen and oxygen atoms in total. The number of para-hydroxylation sites is 2. The first kappa shape index (κ1) is 16.3. The standard InChI is InChI=1S/C19H18N4O3/c20-9-10-21-19(26)23-14-8-4-2-6-12(14)15(18(23)25)16-17(24)11-5-1-3-7-13(11)22-16/h1-8,18,22,25H,9-10,20H2,(H,21,26)/b16-15-. The number of benzene rings is 2. The van der Waals surface area contributed by atoms with Crippen molar-refractivity contribution in [3.63, 3.8) is 0 Å². The van der Waals surface area contributed by atoms with Gasteiger partial charge in [0.2, 0.25) is 5.78 Å². The minimum atomic E-state index is -1.27. The third kappa shape index (κ3) is 2.37. The molecule has 0 radical (unpaired) electrons. The molecule has 7 heteroatoms. The molecular weight excluding hydrogens is 332 g/mol. The second-order valence-electron chi connectivity index (χ2n) is 6.07. The Labute approximate surface area is 150 Å². The summed E-state index contributed by atoms with van der Waals surface area (Å²) >= 11 is 0. The van der Waals surface area contributed by atoms with Gasteiger partial charge in [-0.15, -0.1) is 0 Å². The van der Waals surface area contributed by atoms with Gasteiger partial charge in [-0.3, -0.25) is 9.69 Å². The summed E-state index contributed by atoms with van der Waals surface area (Å²) < 4.78 is 0. The first-order chi connectivity index (χ1) is 12.6. The lowest BCUT2D eigenvalue weighted by atomic mass is 10.0. The van der Waals surface area contributed by atoms with Gasteiger partial charge in [0, 0.05) is 35.5 Å². The molecule has 0 saturated carbocycles. The summed E-state index contributed by atoms with van der Waals surface area (Å²) in [6, 6.07) is 13.8. The normalized spacial score (nSPS) is 20.6. The van der Waals surface area contributed by atoms with Crippen LogP contribution in [0.3, 0.4) is 0 Å². The number of urea groups is 1. The molecule has 0 aromatic heterocycles. The van der Waals surface area contributed by atoms with Crippen molar-refractivity contribution in [1.29, 1.82) is 0 Å². The van der Waals surface area contributed by atoms with E-state index in [9.17, 15) is 14.7 Å². The van der Waals surface area contributed by atoms with Crippen molar-refractivity contribution in [1.82, 2.24) is 5.32 Å². The van der Waals surface area contributed by atoms with E-state index in [1.54, 1.807) is 42.5 Å². The molecule has 4 rings (SSSR count). The number of nitrogens with zero attached hydrogens (tertiary/aromatic N) is 1. The lowest BCUT2D eigenvalue weighted by Gasteiger charge is -2.22. The molecule has 0 bridgehead atoms. The van der Waals surface area contributed by atoms with E-state index in [2.05, 4.69) is 10.6 Å². The number of nitrogens with two attached hydrogens (primary N) is 1. The molecule has 0 spiro atoms. The van der Waals surface area contributed by atoms with Crippen LogP contribution in [0.15, 0.2) is 54.2 Å². The number of carbonyl (C=O) groups excluding carboxylic acids is 2. The molecule has 2 aliphatic heterocycles. The van der Waals surface area contributed by atoms with Crippen molar-refractivity contribution >= 4 is 28.8 Å². The monoisotopic (exact) mass is 350 g/mol. The highest BCUT2D eigenvalue weighted by atomic mass is 16.3. The second-order valence-corrected chi connectivity index (χ2v) is 6.07. The molecule has 1 atom stereocenters. The summed E-state index contributed by atoms with van der Waals surface area (Å²) in [5.41, 5.74) is 8.55. The maximum atomic E-state index is 12.8. The fraction of sp³-hybridized carbons (Fsp3) is 0.158. The molecule has 0 saturated heterocycles. The molecule has 2 aromatic rings. The number of allylic oxidation sites excluding steroid dienone is 1. The average molecular weight is 350 g/mol. The number of fused-ring (bicyclic) bond motifs is 2. The molecule has 2 aliphatic rings. The van der Waals surface area contributed by atoms with E-state index in [1.807, 2.05) is 6.07 Å². The van der Waals surface area contributed by atoms with Crippen LogP contribution in [-0.4, -0.2) is 36.2 Å². The van der Waals surface area contributed by atoms with E-state index in [-0.39, 0.29) is 5.78 Å². The van der Waals surface area contributed by atoms with Gasteiger partial charge in [-0.2, -0.15) is 0 Å². The van der Waals surface area contributed by atoms with Crippen LogP contribution in [-0.2, 0) is 0 Å². The summed E-state index contributed by atoms with van der Waals surface area (Å²) in [4.78, 5) is 26.6. The third-order valence-electron chi connectivity index (χ3n) is 4.52. The molecular formula is C19H18N4O3. The number of aliphatic hydroxyl groups is 1. The van der Waals surface area contributed by atoms with E-state index < -0.39 is 12.3 Å². The van der Waals surface area contributed by atoms with Gasteiger partial charge >= 0.3 is 6.03 Å². The Morgan fingerprint density at radius 1 is 1.15 bits per heavy atom. The van der Waals surface area contributed by atoms with Crippen molar-refractivity contribution in [3.05, 3.63) is 65.4 Å². The SMILES string of the molecule is NCCNC(=O)N1c2ccccc2/C(=C2/Nc3ccccc3C2=O)C1O. The number of carbonyl (C=O) groups is 2. The zero-order chi connectivity index (χ0) is 18.3. The lowest BCUT2D eigenvalue weighted by Crippen LogP contribution is -2.45. The van der Waals surface area contributed by atoms with E-state index in [0.717, 1.165) is 0 Å². The number of Topliss-reactive ketones (excluding diaryl/α,β-unsaturated/α-hetero) is 1. The van der Waals surface area contributed by atoms with Gasteiger partial charge in [-0.05, 0) is 18.2 Å². The van der Waals surface area contributed by atoms with Crippen LogP contribution in [0.2, 0.25) is 0 Å². The van der Waals surface area contributed by atoms with Crippen molar-refractivity contribution in [2.45, 2.75) is 6.23 Å². The van der Waals surface area contributed by atoms with Gasteiger partial charge in [0.1, 0.15) is 0 Å². The first-order valence-electron chi connectivity index (χ1n) is 8.33. The molecule has 0 aliphatic carbocycles. The van der Waals surface area contributed by atoms with Gasteiger partial charge < -0.3 is 21.5 Å². The summed E-state index contributed by atoms with van der Waals surface area (Å²) in [7, 11) is 0. The van der Waals surface area contributed by atoms with E-state index in [1.165, 1.54) is 4.90 Å². The number of ketones is 1. The Morgan fingerprint density at radius 3 is 2.58 bits per heavy atom. The summed E-state index contributed by atoms with van der Waals surface area (Å²) in [6.07, 6.45) is -1.27. The fourth-order valence-electron chi connectivity index (χ4n) is 3.37. The largest absolute Gasteiger partial charge is 0.369 e. The van der Waals surface area contributed by atoms with Crippen LogP contribution in [0.5, 0.6) is 0 Å². The molecule has 1 unspecified atom stereocenters. The predicted molar refractivity (Wildman–Crippen MR) is 98.7 cm³/mol. The summed E-state index contributed by atoms with van der Waals surface area (Å²) in [5.74, 6) is -0.200. The number of hydrogen-bond acceptors (Lipinski definition) is 5. The maximum absolute atomic E-state index is 12.8. The van der Waals surface area contributed by atoms with E-state index in [0.29, 0.717) is 46.9 Å². The second kappa shape index (κ2) is 6.29. The van der Waals surface area contributed by atoms with Crippen LogP contribution < -0.4 is 21.3 Å². The Bertz CT molecular complexity index is 938. The molecule has 5 N–H and O–H groups in total. The number of amides is 2. The van der Waals surface area contributed by atoms with Crippen LogP contribution in [0.4, 0.5) is 16.2 Å². The quantitative estimate of drug-likeness (QED) is 0.614. The number of anilines is 2. The zero-order valence-electron chi connectivity index (χ0n) is 13.9. The smallest absolute Gasteiger partial charge is 0.324 e. The van der Waals surface area contributed by atoms with Crippen molar-refractivity contribution in [3.8, 4) is 0 Å². The Balaban J connectivity index is 1.81. The predicted octanol–water partition coefficient (Wildman–Crippen LogP) is 1.51. The Morgan fingerprint density at radius 2 is 1.85 bits per heavy atom. The van der Waals surface area contributed by atoms with Crippen LogP contribution in [0.25, 0.3) is 5.57 Å². The number of hydrogen-bond donors (Lipinski definition) is 4. The minimum Gasteiger partial charge on any atom is -0.369 e. The molecule has 0 fully saturated rings. The molecule has 2 heterocycles. The lowest BCUT2D eigenvalue weighted by molar-refractivity contribution is 0.104. The highest BCUT2D eigenvalue weighted by Crippen LogP contribution is 2.43. The first-order valence-corrected chi connectivity index (χ1v) is 8.33. The van der Waals surface area contributed by atoms with Crippen molar-refractivity contribution in [2.75, 3.05) is 23.3 Å². The topological polar surface area (TPSA) is 108 Å². The van der Waals surface area contributed by atoms with Gasteiger partial charge in [0.05, 0.1) is 11.4 Å². The maximum Gasteiger partial charge on any atom is 0.324 e. The van der Waals surface area contributed by atoms with Gasteiger partial charge in [-0.1, -0.05) is 30.3 Å². The zero-order valence-corrected chi connectivity index (χ0v) is 13.9. The summed E-state index contributed by atoms with van der Waals surface area (Å²) in [5, 5.41) is 16.6. The van der Waals surface area contributed by atoms with E-state index in [4.69, 9.17) is 5.73 Å². The van der Waals surface area contributed by atoms with Gasteiger partial charge in [0.15, 0.2) is 6.23 Å². The highest BCUT2D eigenvalue weighted by Gasteiger charge is 2.41. The van der Waals surface area contributed by atoms with Crippen molar-refractivity contribution < 1.29 is 14.7 Å². The Hall–Kier alpha value is -3.16. The molecule has 2 amide bonds. The van der Waals surface area contributed by atoms with E-state index >= 15 is 0 Å². The average Bonchev–Trinajstić information content (AvgIpc) is 3.13. The van der Waals surface area contributed by atoms with Gasteiger partial charge in [0.25, 0.3) is 0 Å². The summed E-state index contributed by atoms with van der Waals surface area (Å²) in [6.45, 7) is 0.583. The molecule has 132 valence electrons. The minimum absolute atomic E-state index is 0.200. The van der Waals surface area contributed by atoms with Gasteiger partial charge in [-0.25, -0.2) is 4.79 Å². The molecule has 2 aromatic carbocycles. The fourth-order valence-corrected chi connectivity index (χ4v) is 3.37. The van der Waals surface area contributed by atoms with Crippen LogP contribution in [0, 0.1) is 0 Å². The van der Waals surface area contributed by atoms with Crippen LogP contribution >= 0.6 is 0 Å². The number of rotatable bonds is 2. The Kier molecular flexibility index (Phi) is 3.95. The molecule has 26 heavy (non-hydrogen) atoms. The van der Waals surface area contributed by atoms with Crippen LogP contribution in [0.1, 0.15) is 15.9 Å². The third-order valence-corrected chi connectivity index (χ3v) is 4.52. The number of aliphatic hydroxyl groups excluding tert-OH is 1.